The molecule has 0 spiro atoms. The Bertz CT molecular complexity index is 1130. The highest BCUT2D eigenvalue weighted by Crippen LogP contribution is 2.16. The van der Waals surface area contributed by atoms with E-state index in [1.165, 1.54) is 4.40 Å². The van der Waals surface area contributed by atoms with Crippen molar-refractivity contribution in [2.24, 2.45) is 7.05 Å². The smallest absolute Gasteiger partial charge is 0.272 e. The second kappa shape index (κ2) is 5.31. The van der Waals surface area contributed by atoms with Crippen molar-refractivity contribution < 1.29 is 4.79 Å². The summed E-state index contributed by atoms with van der Waals surface area (Å²) in [6.07, 6.45) is 4.84. The van der Waals surface area contributed by atoms with E-state index in [2.05, 4.69) is 15.3 Å². The van der Waals surface area contributed by atoms with Gasteiger partial charge in [-0.15, -0.1) is 0 Å². The number of aryl methyl sites for hydroxylation is 1. The molecule has 24 heavy (non-hydrogen) atoms. The summed E-state index contributed by atoms with van der Waals surface area (Å²) in [4.78, 5) is 33.6. The minimum atomic E-state index is -0.322. The van der Waals surface area contributed by atoms with E-state index in [0.29, 0.717) is 28.1 Å². The second-order valence-corrected chi connectivity index (χ2v) is 5.37. The molecule has 4 heterocycles. The van der Waals surface area contributed by atoms with E-state index in [0.717, 1.165) is 0 Å². The van der Waals surface area contributed by atoms with Crippen LogP contribution in [0.1, 0.15) is 10.5 Å². The standard InChI is InChI=1S/C17H13N5O2/c1-21-13(16(23)19-11-5-4-7-18-10-11)9-12-15(21)20-14-6-2-3-8-22(14)17(12)24/h2-10H,1H3,(H,19,23). The van der Waals surface area contributed by atoms with E-state index >= 15 is 0 Å². The number of amides is 1. The molecule has 4 aromatic heterocycles. The van der Waals surface area contributed by atoms with Crippen molar-refractivity contribution in [3.63, 3.8) is 0 Å². The molecule has 0 radical (unpaired) electrons. The third kappa shape index (κ3) is 2.14. The van der Waals surface area contributed by atoms with Gasteiger partial charge in [-0.2, -0.15) is 0 Å². The maximum atomic E-state index is 12.6. The fraction of sp³-hybridized carbons (Fsp3) is 0.0588. The molecule has 1 amide bonds. The highest BCUT2D eigenvalue weighted by molar-refractivity contribution is 6.05. The summed E-state index contributed by atoms with van der Waals surface area (Å²) in [6, 6.07) is 10.4. The van der Waals surface area contributed by atoms with Gasteiger partial charge in [0.25, 0.3) is 11.5 Å². The van der Waals surface area contributed by atoms with Gasteiger partial charge in [-0.05, 0) is 30.3 Å². The van der Waals surface area contributed by atoms with Crippen LogP contribution in [-0.4, -0.2) is 24.8 Å². The van der Waals surface area contributed by atoms with Gasteiger partial charge in [0, 0.05) is 19.4 Å². The molecule has 7 heteroatoms. The molecule has 0 aliphatic heterocycles. The zero-order chi connectivity index (χ0) is 16.7. The van der Waals surface area contributed by atoms with Crippen molar-refractivity contribution >= 4 is 28.3 Å². The van der Waals surface area contributed by atoms with Crippen molar-refractivity contribution in [2.45, 2.75) is 0 Å². The predicted molar refractivity (Wildman–Crippen MR) is 90.1 cm³/mol. The minimum absolute atomic E-state index is 0.202. The number of pyridine rings is 2. The first kappa shape index (κ1) is 14.1. The summed E-state index contributed by atoms with van der Waals surface area (Å²) in [5.74, 6) is -0.322. The fourth-order valence-corrected chi connectivity index (χ4v) is 2.67. The molecule has 0 fully saturated rings. The lowest BCUT2D eigenvalue weighted by molar-refractivity contribution is 0.101. The Morgan fingerprint density at radius 3 is 2.88 bits per heavy atom. The lowest BCUT2D eigenvalue weighted by Crippen LogP contribution is -2.16. The summed E-state index contributed by atoms with van der Waals surface area (Å²) in [5.41, 5.74) is 1.75. The average molecular weight is 319 g/mol. The molecule has 4 rings (SSSR count). The van der Waals surface area contributed by atoms with Crippen LogP contribution in [0.5, 0.6) is 0 Å². The SMILES string of the molecule is Cn1c(C(=O)Nc2cccnc2)cc2c(=O)n3ccccc3nc21. The minimum Gasteiger partial charge on any atom is -0.324 e. The summed E-state index contributed by atoms with van der Waals surface area (Å²) in [5, 5.41) is 3.16. The zero-order valence-corrected chi connectivity index (χ0v) is 12.8. The summed E-state index contributed by atoms with van der Waals surface area (Å²) in [6.45, 7) is 0. The molecule has 0 atom stereocenters. The zero-order valence-electron chi connectivity index (χ0n) is 12.8. The molecular weight excluding hydrogens is 306 g/mol. The third-order valence-electron chi connectivity index (χ3n) is 3.86. The Balaban J connectivity index is 1.86. The maximum Gasteiger partial charge on any atom is 0.272 e. The monoisotopic (exact) mass is 319 g/mol. The van der Waals surface area contributed by atoms with E-state index in [-0.39, 0.29) is 11.5 Å². The summed E-state index contributed by atoms with van der Waals surface area (Å²) < 4.78 is 3.08. The van der Waals surface area contributed by atoms with E-state index in [1.54, 1.807) is 60.5 Å². The van der Waals surface area contributed by atoms with Gasteiger partial charge in [0.2, 0.25) is 0 Å². The van der Waals surface area contributed by atoms with E-state index in [1.807, 2.05) is 6.07 Å². The van der Waals surface area contributed by atoms with Crippen molar-refractivity contribution in [1.29, 1.82) is 0 Å². The Labute approximate surface area is 136 Å². The second-order valence-electron chi connectivity index (χ2n) is 5.37. The van der Waals surface area contributed by atoms with Gasteiger partial charge in [-0.3, -0.25) is 19.0 Å². The largest absolute Gasteiger partial charge is 0.324 e. The van der Waals surface area contributed by atoms with Crippen LogP contribution in [0.25, 0.3) is 16.7 Å². The molecule has 0 aliphatic rings. The molecule has 4 aromatic rings. The molecule has 0 bridgehead atoms. The molecule has 0 aromatic carbocycles. The number of carbonyl (C=O) groups is 1. The van der Waals surface area contributed by atoms with Crippen LogP contribution in [0, 0.1) is 0 Å². The first-order chi connectivity index (χ1) is 11.6. The van der Waals surface area contributed by atoms with Gasteiger partial charge in [-0.1, -0.05) is 6.07 Å². The number of fused-ring (bicyclic) bond motifs is 2. The summed E-state index contributed by atoms with van der Waals surface area (Å²) >= 11 is 0. The van der Waals surface area contributed by atoms with Gasteiger partial charge in [0.15, 0.2) is 0 Å². The number of hydrogen-bond donors (Lipinski definition) is 1. The maximum absolute atomic E-state index is 12.6. The Morgan fingerprint density at radius 2 is 2.08 bits per heavy atom. The topological polar surface area (TPSA) is 81.3 Å². The number of anilines is 1. The number of hydrogen-bond acceptors (Lipinski definition) is 4. The Hall–Kier alpha value is -3.48. The van der Waals surface area contributed by atoms with Crippen LogP contribution in [0.2, 0.25) is 0 Å². The lowest BCUT2D eigenvalue weighted by atomic mass is 10.3. The lowest BCUT2D eigenvalue weighted by Gasteiger charge is -2.05. The predicted octanol–water partition coefficient (Wildman–Crippen LogP) is 1.83. The summed E-state index contributed by atoms with van der Waals surface area (Å²) in [7, 11) is 1.71. The molecule has 0 saturated carbocycles. The first-order valence-electron chi connectivity index (χ1n) is 7.33. The van der Waals surface area contributed by atoms with E-state index in [4.69, 9.17) is 0 Å². The quantitative estimate of drug-likeness (QED) is 0.611. The van der Waals surface area contributed by atoms with Gasteiger partial charge >= 0.3 is 0 Å². The van der Waals surface area contributed by atoms with Gasteiger partial charge < -0.3 is 9.88 Å². The van der Waals surface area contributed by atoms with Crippen molar-refractivity contribution in [3.8, 4) is 0 Å². The van der Waals surface area contributed by atoms with Crippen molar-refractivity contribution in [3.05, 3.63) is 71.0 Å². The van der Waals surface area contributed by atoms with Gasteiger partial charge in [0.1, 0.15) is 17.0 Å². The Kier molecular flexibility index (Phi) is 3.13. The average Bonchev–Trinajstić information content (AvgIpc) is 2.94. The molecule has 118 valence electrons. The van der Waals surface area contributed by atoms with Crippen molar-refractivity contribution in [1.82, 2.24) is 18.9 Å². The van der Waals surface area contributed by atoms with Crippen LogP contribution in [0.15, 0.2) is 59.8 Å². The van der Waals surface area contributed by atoms with Gasteiger partial charge in [-0.25, -0.2) is 4.98 Å². The number of nitrogens with zero attached hydrogens (tertiary/aromatic N) is 4. The number of aromatic nitrogens is 4. The normalized spacial score (nSPS) is 11.0. The molecule has 0 unspecified atom stereocenters. The van der Waals surface area contributed by atoms with E-state index in [9.17, 15) is 9.59 Å². The fourth-order valence-electron chi connectivity index (χ4n) is 2.67. The van der Waals surface area contributed by atoms with Gasteiger partial charge in [0.05, 0.1) is 17.3 Å². The first-order valence-corrected chi connectivity index (χ1v) is 7.33. The van der Waals surface area contributed by atoms with Crippen LogP contribution in [-0.2, 0) is 7.05 Å². The highest BCUT2D eigenvalue weighted by atomic mass is 16.2. The third-order valence-corrected chi connectivity index (χ3v) is 3.86. The van der Waals surface area contributed by atoms with Crippen LogP contribution in [0.4, 0.5) is 5.69 Å². The Morgan fingerprint density at radius 1 is 1.21 bits per heavy atom. The molecular formula is C17H13N5O2. The van der Waals surface area contributed by atoms with Crippen LogP contribution < -0.4 is 10.9 Å². The van der Waals surface area contributed by atoms with Crippen molar-refractivity contribution in [2.75, 3.05) is 5.32 Å². The van der Waals surface area contributed by atoms with Crippen LogP contribution >= 0.6 is 0 Å². The highest BCUT2D eigenvalue weighted by Gasteiger charge is 2.17. The molecule has 1 N–H and O–H groups in total. The number of rotatable bonds is 2. The molecule has 0 aliphatic carbocycles. The number of nitrogens with one attached hydrogen (secondary N) is 1. The molecule has 0 saturated heterocycles. The molecule has 7 nitrogen and oxygen atoms in total. The van der Waals surface area contributed by atoms with E-state index < -0.39 is 0 Å². The van der Waals surface area contributed by atoms with Crippen LogP contribution in [0.3, 0.4) is 0 Å². The number of carbonyl (C=O) groups excluding carboxylic acids is 1.